The molecule has 0 unspecified atom stereocenters. The van der Waals surface area contributed by atoms with Gasteiger partial charge < -0.3 is 10.6 Å². The van der Waals surface area contributed by atoms with Crippen molar-refractivity contribution in [1.82, 2.24) is 15.3 Å². The summed E-state index contributed by atoms with van der Waals surface area (Å²) in [7, 11) is 1.77. The molecule has 1 aliphatic rings. The lowest BCUT2D eigenvalue weighted by Crippen LogP contribution is -2.31. The minimum absolute atomic E-state index is 0.108. The molecule has 0 aliphatic heterocycles. The normalized spacial score (nSPS) is 19.4. The fourth-order valence-electron chi connectivity index (χ4n) is 2.79. The zero-order chi connectivity index (χ0) is 16.0. The Morgan fingerprint density at radius 1 is 1.24 bits per heavy atom. The molecule has 0 spiro atoms. The van der Waals surface area contributed by atoms with E-state index in [0.29, 0.717) is 17.2 Å². The number of amides is 1. The molecule has 1 saturated carbocycles. The van der Waals surface area contributed by atoms with Crippen LogP contribution < -0.4 is 10.6 Å². The zero-order valence-electron chi connectivity index (χ0n) is 14.0. The fourth-order valence-corrected chi connectivity index (χ4v) is 2.79. The van der Waals surface area contributed by atoms with Crippen molar-refractivity contribution >= 4 is 11.6 Å². The molecule has 5 heteroatoms. The van der Waals surface area contributed by atoms with Crippen LogP contribution in [0.1, 0.15) is 63.8 Å². The molecular formula is C16H26N4O. The van der Waals surface area contributed by atoms with Gasteiger partial charge in [-0.1, -0.05) is 41.5 Å². The lowest BCUT2D eigenvalue weighted by Gasteiger charge is -2.12. The molecule has 0 aromatic carbocycles. The predicted molar refractivity (Wildman–Crippen MR) is 84.5 cm³/mol. The summed E-state index contributed by atoms with van der Waals surface area (Å²) in [5.74, 6) is 0.747. The van der Waals surface area contributed by atoms with Crippen molar-refractivity contribution in [3.05, 3.63) is 17.7 Å². The summed E-state index contributed by atoms with van der Waals surface area (Å²) < 4.78 is 0. The van der Waals surface area contributed by atoms with Crippen molar-refractivity contribution in [2.45, 2.75) is 53.5 Å². The SMILES string of the molecule is CNc1cnc(C(C)C)nc1C(=O)NC1C(C)(C)C1(C)C. The van der Waals surface area contributed by atoms with Crippen LogP contribution >= 0.6 is 0 Å². The lowest BCUT2D eigenvalue weighted by atomic mass is 10.0. The van der Waals surface area contributed by atoms with Crippen LogP contribution in [0, 0.1) is 10.8 Å². The monoisotopic (exact) mass is 290 g/mol. The highest BCUT2D eigenvalue weighted by molar-refractivity contribution is 5.98. The molecule has 0 radical (unpaired) electrons. The second-order valence-corrected chi connectivity index (χ2v) is 7.25. The van der Waals surface area contributed by atoms with E-state index < -0.39 is 0 Å². The molecule has 21 heavy (non-hydrogen) atoms. The largest absolute Gasteiger partial charge is 0.385 e. The van der Waals surface area contributed by atoms with Crippen molar-refractivity contribution in [2.24, 2.45) is 10.8 Å². The Morgan fingerprint density at radius 3 is 2.24 bits per heavy atom. The maximum atomic E-state index is 12.6. The van der Waals surface area contributed by atoms with Crippen LogP contribution in [0.15, 0.2) is 6.20 Å². The standard InChI is InChI=1S/C16H26N4O/c1-9(2)12-18-8-10(17-7)11(19-12)13(21)20-14-15(3,4)16(14,5)6/h8-9,14,17H,1-7H3,(H,20,21). The molecule has 0 bridgehead atoms. The smallest absolute Gasteiger partial charge is 0.272 e. The van der Waals surface area contributed by atoms with Gasteiger partial charge in [-0.2, -0.15) is 0 Å². The van der Waals surface area contributed by atoms with Gasteiger partial charge in [0.15, 0.2) is 5.69 Å². The highest BCUT2D eigenvalue weighted by Gasteiger charge is 2.65. The molecule has 1 aromatic heterocycles. The Bertz CT molecular complexity index is 549. The van der Waals surface area contributed by atoms with Gasteiger partial charge in [0.25, 0.3) is 5.91 Å². The van der Waals surface area contributed by atoms with Crippen LogP contribution in [0.3, 0.4) is 0 Å². The molecule has 1 heterocycles. The summed E-state index contributed by atoms with van der Waals surface area (Å²) in [4.78, 5) is 21.3. The van der Waals surface area contributed by atoms with Crippen LogP contribution in [0.2, 0.25) is 0 Å². The van der Waals surface area contributed by atoms with E-state index in [2.05, 4.69) is 48.3 Å². The van der Waals surface area contributed by atoms with E-state index in [9.17, 15) is 4.79 Å². The van der Waals surface area contributed by atoms with Gasteiger partial charge in [0.05, 0.1) is 11.9 Å². The van der Waals surface area contributed by atoms with Crippen LogP contribution in [0.4, 0.5) is 5.69 Å². The summed E-state index contributed by atoms with van der Waals surface area (Å²) in [6.07, 6.45) is 1.68. The fraction of sp³-hybridized carbons (Fsp3) is 0.688. The summed E-state index contributed by atoms with van der Waals surface area (Å²) in [6.45, 7) is 12.7. The lowest BCUT2D eigenvalue weighted by molar-refractivity contribution is 0.0939. The first-order chi connectivity index (χ1) is 9.62. The number of aromatic nitrogens is 2. The minimum Gasteiger partial charge on any atom is -0.385 e. The van der Waals surface area contributed by atoms with E-state index in [1.807, 2.05) is 13.8 Å². The molecule has 1 amide bonds. The number of nitrogens with zero attached hydrogens (tertiary/aromatic N) is 2. The minimum atomic E-state index is -0.132. The number of carbonyl (C=O) groups excluding carboxylic acids is 1. The number of hydrogen-bond donors (Lipinski definition) is 2. The zero-order valence-corrected chi connectivity index (χ0v) is 14.0. The third-order valence-electron chi connectivity index (χ3n) is 5.10. The maximum Gasteiger partial charge on any atom is 0.272 e. The number of anilines is 1. The van der Waals surface area contributed by atoms with E-state index in [0.717, 1.165) is 0 Å². The van der Waals surface area contributed by atoms with E-state index in [1.165, 1.54) is 0 Å². The van der Waals surface area contributed by atoms with Crippen LogP contribution in [-0.4, -0.2) is 29.0 Å². The first kappa shape index (κ1) is 15.7. The third-order valence-corrected chi connectivity index (χ3v) is 5.10. The van der Waals surface area contributed by atoms with Crippen LogP contribution in [0.5, 0.6) is 0 Å². The second kappa shape index (κ2) is 4.97. The molecule has 2 N–H and O–H groups in total. The first-order valence-corrected chi connectivity index (χ1v) is 7.48. The molecular weight excluding hydrogens is 264 g/mol. The van der Waals surface area contributed by atoms with Crippen LogP contribution in [-0.2, 0) is 0 Å². The summed E-state index contributed by atoms with van der Waals surface area (Å²) in [6, 6.07) is 0.166. The van der Waals surface area contributed by atoms with Gasteiger partial charge in [0.1, 0.15) is 5.82 Å². The Morgan fingerprint density at radius 2 is 1.81 bits per heavy atom. The van der Waals surface area contributed by atoms with Crippen molar-refractivity contribution in [1.29, 1.82) is 0 Å². The van der Waals surface area contributed by atoms with Gasteiger partial charge in [0.2, 0.25) is 0 Å². The molecule has 2 rings (SSSR count). The Hall–Kier alpha value is -1.65. The van der Waals surface area contributed by atoms with Gasteiger partial charge in [-0.3, -0.25) is 4.79 Å². The van der Waals surface area contributed by atoms with Gasteiger partial charge in [-0.25, -0.2) is 9.97 Å². The third kappa shape index (κ3) is 2.49. The Kier molecular flexibility index (Phi) is 3.72. The van der Waals surface area contributed by atoms with E-state index in [1.54, 1.807) is 13.2 Å². The number of nitrogens with one attached hydrogen (secondary N) is 2. The average Bonchev–Trinajstić information content (AvgIpc) is 2.80. The number of hydrogen-bond acceptors (Lipinski definition) is 4. The Labute approximate surface area is 127 Å². The highest BCUT2D eigenvalue weighted by Crippen LogP contribution is 2.62. The highest BCUT2D eigenvalue weighted by atomic mass is 16.2. The molecule has 5 nitrogen and oxygen atoms in total. The van der Waals surface area contributed by atoms with E-state index >= 15 is 0 Å². The summed E-state index contributed by atoms with van der Waals surface area (Å²) in [5, 5.41) is 6.11. The average molecular weight is 290 g/mol. The van der Waals surface area contributed by atoms with Gasteiger partial charge in [-0.15, -0.1) is 0 Å². The number of rotatable bonds is 4. The van der Waals surface area contributed by atoms with Gasteiger partial charge in [-0.05, 0) is 10.8 Å². The van der Waals surface area contributed by atoms with Crippen molar-refractivity contribution in [3.8, 4) is 0 Å². The van der Waals surface area contributed by atoms with Crippen molar-refractivity contribution in [3.63, 3.8) is 0 Å². The maximum absolute atomic E-state index is 12.6. The van der Waals surface area contributed by atoms with Crippen LogP contribution in [0.25, 0.3) is 0 Å². The van der Waals surface area contributed by atoms with Crippen molar-refractivity contribution < 1.29 is 4.79 Å². The van der Waals surface area contributed by atoms with Crippen molar-refractivity contribution in [2.75, 3.05) is 12.4 Å². The molecule has 116 valence electrons. The van der Waals surface area contributed by atoms with E-state index in [4.69, 9.17) is 0 Å². The summed E-state index contributed by atoms with van der Waals surface area (Å²) >= 11 is 0. The quantitative estimate of drug-likeness (QED) is 0.895. The summed E-state index contributed by atoms with van der Waals surface area (Å²) in [5.41, 5.74) is 1.30. The van der Waals surface area contributed by atoms with Gasteiger partial charge >= 0.3 is 0 Å². The first-order valence-electron chi connectivity index (χ1n) is 7.48. The predicted octanol–water partition coefficient (Wildman–Crippen LogP) is 2.81. The molecule has 0 atom stereocenters. The molecule has 1 fully saturated rings. The molecule has 1 aromatic rings. The Balaban J connectivity index is 2.25. The topological polar surface area (TPSA) is 66.9 Å². The van der Waals surface area contributed by atoms with Gasteiger partial charge in [0, 0.05) is 19.0 Å². The second-order valence-electron chi connectivity index (χ2n) is 7.25. The van der Waals surface area contributed by atoms with E-state index in [-0.39, 0.29) is 28.7 Å². The molecule has 0 saturated heterocycles. The molecule has 1 aliphatic carbocycles. The number of carbonyl (C=O) groups is 1.